The fourth-order valence-corrected chi connectivity index (χ4v) is 7.44. The van der Waals surface area contributed by atoms with Gasteiger partial charge in [0.25, 0.3) is 10.0 Å². The molecule has 1 aliphatic heterocycles. The lowest BCUT2D eigenvalue weighted by Gasteiger charge is -2.38. The Morgan fingerprint density at radius 1 is 0.907 bits per heavy atom. The van der Waals surface area contributed by atoms with Gasteiger partial charge in [0.05, 0.1) is 17.2 Å². The predicted octanol–water partition coefficient (Wildman–Crippen LogP) is 7.03. The van der Waals surface area contributed by atoms with Crippen LogP contribution in [-0.2, 0) is 21.9 Å². The molecule has 4 aromatic rings. The van der Waals surface area contributed by atoms with E-state index < -0.39 is 10.0 Å². The van der Waals surface area contributed by atoms with E-state index in [0.29, 0.717) is 17.7 Å². The molecule has 3 atom stereocenters. The maximum Gasteiger partial charge on any atom is 0.264 e. The number of sulfonamides is 1. The summed E-state index contributed by atoms with van der Waals surface area (Å²) in [4.78, 5) is 23.1. The summed E-state index contributed by atoms with van der Waals surface area (Å²) in [7, 11) is -4.10. The summed E-state index contributed by atoms with van der Waals surface area (Å²) < 4.78 is 36.1. The first-order valence-electron chi connectivity index (χ1n) is 14.7. The summed E-state index contributed by atoms with van der Waals surface area (Å²) in [5, 5.41) is 0. The van der Waals surface area contributed by atoms with E-state index in [-0.39, 0.29) is 52.3 Å². The molecule has 6 rings (SSSR count). The summed E-state index contributed by atoms with van der Waals surface area (Å²) in [6.07, 6.45) is 0.583. The van der Waals surface area contributed by atoms with Gasteiger partial charge in [0.15, 0.2) is 5.78 Å². The first kappa shape index (κ1) is 29.1. The van der Waals surface area contributed by atoms with Crippen molar-refractivity contribution >= 4 is 21.8 Å². The molecule has 7 nitrogen and oxygen atoms in total. The number of aromatic nitrogens is 2. The quantitative estimate of drug-likeness (QED) is 0.254. The number of aryl methyl sites for hydroxylation is 2. The SMILES string of the molecule is Cc1cccc(C)c1-c1cc2nc(n1)NS(=O)(=O)c1cccc(c1)C(=O)C1Cc3cc(C(C)(C)C)ccc3[C@@H](CO2)C1C. The van der Waals surface area contributed by atoms with Crippen LogP contribution in [0.2, 0.25) is 0 Å². The minimum absolute atomic E-state index is 0.0191. The molecular formula is C35H37N3O4S. The number of anilines is 1. The fourth-order valence-electron chi connectivity index (χ4n) is 6.45. The highest BCUT2D eigenvalue weighted by atomic mass is 32.2. The van der Waals surface area contributed by atoms with Gasteiger partial charge in [-0.05, 0) is 71.6 Å². The van der Waals surface area contributed by atoms with Gasteiger partial charge in [-0.15, -0.1) is 0 Å². The highest BCUT2D eigenvalue weighted by Crippen LogP contribution is 2.43. The third-order valence-electron chi connectivity index (χ3n) is 8.96. The Kier molecular flexibility index (Phi) is 7.16. The van der Waals surface area contributed by atoms with Gasteiger partial charge in [-0.1, -0.05) is 76.2 Å². The van der Waals surface area contributed by atoms with Gasteiger partial charge in [0.1, 0.15) is 0 Å². The first-order chi connectivity index (χ1) is 20.3. The van der Waals surface area contributed by atoms with Crippen molar-refractivity contribution in [1.29, 1.82) is 0 Å². The van der Waals surface area contributed by atoms with Crippen molar-refractivity contribution in [3.05, 3.63) is 100 Å². The molecular weight excluding hydrogens is 558 g/mol. The number of nitrogens with zero attached hydrogens (tertiary/aromatic N) is 2. The van der Waals surface area contributed by atoms with E-state index in [9.17, 15) is 13.2 Å². The molecule has 2 aliphatic rings. The van der Waals surface area contributed by atoms with Gasteiger partial charge in [0.2, 0.25) is 11.8 Å². The fraction of sp³-hybridized carbons (Fsp3) is 0.343. The number of fused-ring (bicyclic) bond motifs is 8. The number of benzene rings is 3. The van der Waals surface area contributed by atoms with Crippen LogP contribution in [0.3, 0.4) is 0 Å². The van der Waals surface area contributed by atoms with Crippen molar-refractivity contribution in [1.82, 2.24) is 9.97 Å². The van der Waals surface area contributed by atoms with Crippen LogP contribution in [0, 0.1) is 25.7 Å². The molecule has 6 bridgehead atoms. The van der Waals surface area contributed by atoms with Crippen molar-refractivity contribution < 1.29 is 17.9 Å². The third kappa shape index (κ3) is 5.44. The number of hydrogen-bond donors (Lipinski definition) is 1. The molecule has 8 heteroatoms. The minimum atomic E-state index is -4.10. The Balaban J connectivity index is 1.54. The number of carbonyl (C=O) groups excluding carboxylic acids is 1. The summed E-state index contributed by atoms with van der Waals surface area (Å²) in [5.74, 6) is -0.349. The van der Waals surface area contributed by atoms with Gasteiger partial charge in [-0.25, -0.2) is 18.1 Å². The van der Waals surface area contributed by atoms with Crippen molar-refractivity contribution in [2.75, 3.05) is 11.3 Å². The molecule has 1 N–H and O–H groups in total. The largest absolute Gasteiger partial charge is 0.477 e. The van der Waals surface area contributed by atoms with Gasteiger partial charge in [0, 0.05) is 29.0 Å². The van der Waals surface area contributed by atoms with E-state index in [0.717, 1.165) is 22.3 Å². The lowest BCUT2D eigenvalue weighted by Crippen LogP contribution is -2.36. The number of nitrogens with one attached hydrogen (secondary N) is 1. The molecule has 2 heterocycles. The van der Waals surface area contributed by atoms with Gasteiger partial charge >= 0.3 is 0 Å². The van der Waals surface area contributed by atoms with Crippen LogP contribution in [0.4, 0.5) is 5.95 Å². The van der Waals surface area contributed by atoms with Gasteiger partial charge < -0.3 is 4.74 Å². The molecule has 0 amide bonds. The molecule has 0 saturated carbocycles. The second-order valence-electron chi connectivity index (χ2n) is 12.9. The van der Waals surface area contributed by atoms with E-state index in [1.807, 2.05) is 32.0 Å². The van der Waals surface area contributed by atoms with Crippen LogP contribution < -0.4 is 9.46 Å². The normalized spacial score (nSPS) is 21.2. The van der Waals surface area contributed by atoms with Crippen molar-refractivity contribution in [3.8, 4) is 17.1 Å². The Morgan fingerprint density at radius 2 is 1.63 bits per heavy atom. The molecule has 0 radical (unpaired) electrons. The maximum absolute atomic E-state index is 14.0. The number of ketones is 1. The van der Waals surface area contributed by atoms with Gasteiger partial charge in [-0.2, -0.15) is 4.98 Å². The second-order valence-corrected chi connectivity index (χ2v) is 14.6. The van der Waals surface area contributed by atoms with Crippen molar-refractivity contribution in [2.45, 2.75) is 64.2 Å². The average Bonchev–Trinajstić information content (AvgIpc) is 2.94. The zero-order valence-electron chi connectivity index (χ0n) is 25.4. The summed E-state index contributed by atoms with van der Waals surface area (Å²) in [6, 6.07) is 20.6. The number of hydrogen-bond acceptors (Lipinski definition) is 6. The summed E-state index contributed by atoms with van der Waals surface area (Å²) in [6.45, 7) is 12.9. The number of Topliss-reactive ketones (excluding diaryl/α,β-unsaturated/α-hetero) is 1. The van der Waals surface area contributed by atoms with E-state index >= 15 is 0 Å². The Hall–Kier alpha value is -4.04. The number of rotatable bonds is 1. The minimum Gasteiger partial charge on any atom is -0.477 e. The Morgan fingerprint density at radius 3 is 2.35 bits per heavy atom. The van der Waals surface area contributed by atoms with E-state index in [4.69, 9.17) is 4.74 Å². The average molecular weight is 596 g/mol. The van der Waals surface area contributed by atoms with Crippen LogP contribution in [0.15, 0.2) is 71.6 Å². The third-order valence-corrected chi connectivity index (χ3v) is 10.3. The zero-order chi connectivity index (χ0) is 30.7. The van der Waals surface area contributed by atoms with E-state index in [1.165, 1.54) is 23.3 Å². The zero-order valence-corrected chi connectivity index (χ0v) is 26.2. The van der Waals surface area contributed by atoms with Crippen LogP contribution in [-0.4, -0.2) is 30.8 Å². The Labute approximate surface area is 253 Å². The molecule has 3 aromatic carbocycles. The van der Waals surface area contributed by atoms with Crippen molar-refractivity contribution in [2.24, 2.45) is 11.8 Å². The molecule has 43 heavy (non-hydrogen) atoms. The molecule has 0 spiro atoms. The molecule has 0 fully saturated rings. The molecule has 1 aromatic heterocycles. The lowest BCUT2D eigenvalue weighted by atomic mass is 9.67. The summed E-state index contributed by atoms with van der Waals surface area (Å²) in [5.41, 5.74) is 7.33. The van der Waals surface area contributed by atoms with Crippen LogP contribution in [0.25, 0.3) is 11.3 Å². The molecule has 0 saturated heterocycles. The van der Waals surface area contributed by atoms with Crippen molar-refractivity contribution in [3.63, 3.8) is 0 Å². The highest BCUT2D eigenvalue weighted by molar-refractivity contribution is 7.92. The van der Waals surface area contributed by atoms with E-state index in [1.54, 1.807) is 18.2 Å². The smallest absolute Gasteiger partial charge is 0.264 e. The number of carbonyl (C=O) groups is 1. The summed E-state index contributed by atoms with van der Waals surface area (Å²) >= 11 is 0. The van der Waals surface area contributed by atoms with E-state index in [2.05, 4.69) is 60.6 Å². The molecule has 2 unspecified atom stereocenters. The highest BCUT2D eigenvalue weighted by Gasteiger charge is 2.39. The number of ether oxygens (including phenoxy) is 1. The lowest BCUT2D eigenvalue weighted by molar-refractivity contribution is 0.0832. The first-order valence-corrected chi connectivity index (χ1v) is 16.2. The van der Waals surface area contributed by atoms with Crippen LogP contribution in [0.5, 0.6) is 5.88 Å². The second kappa shape index (κ2) is 10.6. The standard InChI is InChI=1S/C35H37N3O4S/c1-20-9-7-10-21(2)32(20)30-18-31-37-34(36-30)38-43(40,41)26-12-8-11-23(16-26)33(39)28-17-24-15-25(35(4,5)6)13-14-27(24)29(19-42-31)22(28)3/h7-16,18,22,28-29H,17,19H2,1-6H3,(H,36,37,38)/t22?,28?,29-/m0/s1. The van der Waals surface area contributed by atoms with Gasteiger partial charge in [-0.3, -0.25) is 4.79 Å². The molecule has 222 valence electrons. The molecule has 1 aliphatic carbocycles. The maximum atomic E-state index is 14.0. The predicted molar refractivity (Wildman–Crippen MR) is 168 cm³/mol. The topological polar surface area (TPSA) is 98.3 Å². The monoisotopic (exact) mass is 595 g/mol. The van der Waals surface area contributed by atoms with Crippen LogP contribution >= 0.6 is 0 Å². The Bertz CT molecular complexity index is 1840. The van der Waals surface area contributed by atoms with Crippen LogP contribution in [0.1, 0.15) is 71.8 Å².